The molecule has 8 aliphatic rings. The van der Waals surface area contributed by atoms with Gasteiger partial charge in [-0.3, -0.25) is 4.79 Å². The van der Waals surface area contributed by atoms with Gasteiger partial charge in [-0.2, -0.15) is 0 Å². The van der Waals surface area contributed by atoms with E-state index in [9.17, 15) is 4.79 Å². The van der Waals surface area contributed by atoms with Crippen LogP contribution in [0.2, 0.25) is 0 Å². The highest BCUT2D eigenvalue weighted by molar-refractivity contribution is 5.66. The van der Waals surface area contributed by atoms with Crippen molar-refractivity contribution in [3.63, 3.8) is 0 Å². The molecule has 0 saturated heterocycles. The Morgan fingerprint density at radius 2 is 1.09 bits per heavy atom. The van der Waals surface area contributed by atoms with Crippen molar-refractivity contribution < 1.29 is 9.53 Å². The second kappa shape index (κ2) is 7.34. The fourth-order valence-electron chi connectivity index (χ4n) is 11.8. The standard InChI is InChI=1S/C31H42O2/c1-19(33-20(2)32)27-5-3-4-6-28(27)29(30-13-21-7-22(14-30)9-23(8-21)15-30)31-16-24-10-25(17-31)12-26(11-24)18-31/h3-6,19,21-26,29H,7-18H2,1-2H3/t19-,21?,22?,23?,24?,25?,26?,29?,30?,31?/m0/s1. The van der Waals surface area contributed by atoms with Crippen molar-refractivity contribution in [3.05, 3.63) is 35.4 Å². The first-order valence-corrected chi connectivity index (χ1v) is 14.2. The third-order valence-corrected chi connectivity index (χ3v) is 11.5. The second-order valence-corrected chi connectivity index (χ2v) is 13.9. The molecule has 0 aliphatic heterocycles. The molecule has 0 aromatic heterocycles. The quantitative estimate of drug-likeness (QED) is 0.431. The molecule has 8 saturated carbocycles. The molecule has 0 N–H and O–H groups in total. The van der Waals surface area contributed by atoms with Crippen molar-refractivity contribution in [1.82, 2.24) is 0 Å². The summed E-state index contributed by atoms with van der Waals surface area (Å²) < 4.78 is 5.83. The van der Waals surface area contributed by atoms with E-state index in [2.05, 4.69) is 31.2 Å². The molecule has 1 aromatic carbocycles. The Labute approximate surface area is 200 Å². The molecule has 1 aromatic rings. The first-order valence-electron chi connectivity index (χ1n) is 14.2. The van der Waals surface area contributed by atoms with Crippen LogP contribution in [0.25, 0.3) is 0 Å². The maximum atomic E-state index is 11.9. The van der Waals surface area contributed by atoms with E-state index >= 15 is 0 Å². The van der Waals surface area contributed by atoms with Gasteiger partial charge in [-0.05, 0) is 147 Å². The van der Waals surface area contributed by atoms with Gasteiger partial charge in [0.05, 0.1) is 0 Å². The van der Waals surface area contributed by atoms with Crippen LogP contribution in [-0.4, -0.2) is 5.97 Å². The summed E-state index contributed by atoms with van der Waals surface area (Å²) >= 11 is 0. The van der Waals surface area contributed by atoms with Gasteiger partial charge in [0.1, 0.15) is 6.10 Å². The van der Waals surface area contributed by atoms with Gasteiger partial charge in [-0.1, -0.05) is 24.3 Å². The topological polar surface area (TPSA) is 26.3 Å². The van der Waals surface area contributed by atoms with Crippen LogP contribution < -0.4 is 0 Å². The lowest BCUT2D eigenvalue weighted by Gasteiger charge is -2.67. The molecule has 9 rings (SSSR count). The highest BCUT2D eigenvalue weighted by Gasteiger charge is 2.63. The number of hydrogen-bond acceptors (Lipinski definition) is 2. The van der Waals surface area contributed by atoms with Gasteiger partial charge in [0.15, 0.2) is 0 Å². The average molecular weight is 447 g/mol. The van der Waals surface area contributed by atoms with Crippen molar-refractivity contribution in [1.29, 1.82) is 0 Å². The van der Waals surface area contributed by atoms with Crippen LogP contribution in [0.4, 0.5) is 0 Å². The van der Waals surface area contributed by atoms with Gasteiger partial charge in [-0.25, -0.2) is 0 Å². The molecular formula is C31H42O2. The van der Waals surface area contributed by atoms with Crippen LogP contribution in [0.15, 0.2) is 24.3 Å². The molecule has 178 valence electrons. The lowest BCUT2D eigenvalue weighted by Crippen LogP contribution is -2.57. The molecule has 0 spiro atoms. The number of carbonyl (C=O) groups excluding carboxylic acids is 1. The van der Waals surface area contributed by atoms with Gasteiger partial charge in [0.2, 0.25) is 0 Å². The van der Waals surface area contributed by atoms with Crippen molar-refractivity contribution in [2.45, 2.75) is 103 Å². The zero-order valence-corrected chi connectivity index (χ0v) is 20.7. The number of rotatable bonds is 5. The van der Waals surface area contributed by atoms with Crippen LogP contribution in [0.5, 0.6) is 0 Å². The summed E-state index contributed by atoms with van der Waals surface area (Å²) in [6.07, 6.45) is 17.8. The van der Waals surface area contributed by atoms with E-state index in [-0.39, 0.29) is 12.1 Å². The summed E-state index contributed by atoms with van der Waals surface area (Å²) in [5, 5.41) is 0. The number of benzene rings is 1. The summed E-state index contributed by atoms with van der Waals surface area (Å²) in [4.78, 5) is 11.9. The van der Waals surface area contributed by atoms with Gasteiger partial charge < -0.3 is 4.74 Å². The minimum Gasteiger partial charge on any atom is -0.458 e. The molecule has 2 nitrogen and oxygen atoms in total. The van der Waals surface area contributed by atoms with Crippen LogP contribution >= 0.6 is 0 Å². The van der Waals surface area contributed by atoms with Crippen LogP contribution in [0.1, 0.15) is 114 Å². The molecule has 1 atom stereocenters. The van der Waals surface area contributed by atoms with Crippen molar-refractivity contribution in [2.75, 3.05) is 0 Å². The fourth-order valence-corrected chi connectivity index (χ4v) is 11.8. The van der Waals surface area contributed by atoms with Crippen molar-refractivity contribution in [3.8, 4) is 0 Å². The lowest BCUT2D eigenvalue weighted by molar-refractivity contribution is -0.147. The normalized spacial score (nSPS) is 46.4. The number of hydrogen-bond donors (Lipinski definition) is 0. The molecule has 33 heavy (non-hydrogen) atoms. The molecule has 0 radical (unpaired) electrons. The van der Waals surface area contributed by atoms with Crippen molar-refractivity contribution >= 4 is 5.97 Å². The Morgan fingerprint density at radius 1 is 0.727 bits per heavy atom. The van der Waals surface area contributed by atoms with E-state index in [1.165, 1.54) is 82.6 Å². The van der Waals surface area contributed by atoms with E-state index in [4.69, 9.17) is 4.74 Å². The molecule has 0 heterocycles. The largest absolute Gasteiger partial charge is 0.458 e. The maximum absolute atomic E-state index is 11.9. The molecule has 0 amide bonds. The summed E-state index contributed by atoms with van der Waals surface area (Å²) in [5.74, 6) is 6.38. The van der Waals surface area contributed by atoms with Gasteiger partial charge in [0.25, 0.3) is 0 Å². The Morgan fingerprint density at radius 3 is 1.45 bits per heavy atom. The number of ether oxygens (including phenoxy) is 1. The minimum atomic E-state index is -0.154. The van der Waals surface area contributed by atoms with E-state index < -0.39 is 0 Å². The molecule has 8 aliphatic carbocycles. The smallest absolute Gasteiger partial charge is 0.303 e. The van der Waals surface area contributed by atoms with Crippen LogP contribution in [0, 0.1) is 46.3 Å². The third kappa shape index (κ3) is 3.29. The summed E-state index contributed by atoms with van der Waals surface area (Å²) in [5.41, 5.74) is 3.87. The number of esters is 1. The maximum Gasteiger partial charge on any atom is 0.303 e. The highest BCUT2D eigenvalue weighted by Crippen LogP contribution is 2.74. The Hall–Kier alpha value is -1.31. The van der Waals surface area contributed by atoms with Gasteiger partial charge in [0, 0.05) is 6.92 Å². The Bertz CT molecular complexity index is 829. The van der Waals surface area contributed by atoms with Gasteiger partial charge >= 0.3 is 5.97 Å². The first-order chi connectivity index (χ1) is 15.9. The zero-order chi connectivity index (χ0) is 22.4. The molecule has 2 heteroatoms. The van der Waals surface area contributed by atoms with E-state index in [0.717, 1.165) is 35.5 Å². The summed E-state index contributed by atoms with van der Waals surface area (Å²) in [6, 6.07) is 9.22. The zero-order valence-electron chi connectivity index (χ0n) is 20.7. The molecule has 8 fully saturated rings. The first kappa shape index (κ1) is 21.0. The average Bonchev–Trinajstić information content (AvgIpc) is 2.71. The second-order valence-electron chi connectivity index (χ2n) is 13.9. The number of carbonyl (C=O) groups is 1. The van der Waals surface area contributed by atoms with E-state index in [1.54, 1.807) is 12.5 Å². The summed E-state index contributed by atoms with van der Waals surface area (Å²) in [6.45, 7) is 3.67. The van der Waals surface area contributed by atoms with Crippen molar-refractivity contribution in [2.24, 2.45) is 46.3 Å². The van der Waals surface area contributed by atoms with E-state index in [0.29, 0.717) is 16.7 Å². The lowest BCUT2D eigenvalue weighted by atomic mass is 9.37. The molecular weight excluding hydrogens is 404 g/mol. The predicted molar refractivity (Wildman–Crippen MR) is 131 cm³/mol. The minimum absolute atomic E-state index is 0.149. The highest BCUT2D eigenvalue weighted by atomic mass is 16.5. The fraction of sp³-hybridized carbons (Fsp3) is 0.774. The SMILES string of the molecule is CC(=O)O[C@@H](C)c1ccccc1C(C12CC3CC(CC(C3)C1)C2)C12CC3CC(CC(C3)C1)C2. The van der Waals surface area contributed by atoms with Gasteiger partial charge in [-0.15, -0.1) is 0 Å². The molecule has 8 bridgehead atoms. The Balaban J connectivity index is 1.38. The van der Waals surface area contributed by atoms with Crippen LogP contribution in [0.3, 0.4) is 0 Å². The third-order valence-electron chi connectivity index (χ3n) is 11.5. The monoisotopic (exact) mass is 446 g/mol. The van der Waals surface area contributed by atoms with E-state index in [1.807, 2.05) is 0 Å². The van der Waals surface area contributed by atoms with Crippen LogP contribution in [-0.2, 0) is 9.53 Å². The Kier molecular flexibility index (Phi) is 4.68. The molecule has 0 unspecified atom stereocenters. The summed E-state index contributed by atoms with van der Waals surface area (Å²) in [7, 11) is 0. The predicted octanol–water partition coefficient (Wildman–Crippen LogP) is 7.83.